The summed E-state index contributed by atoms with van der Waals surface area (Å²) in [5.74, 6) is -0.196. The number of fused-ring (bicyclic) bond motifs is 1. The van der Waals surface area contributed by atoms with E-state index in [9.17, 15) is 13.2 Å². The number of amides is 1. The highest BCUT2D eigenvalue weighted by atomic mass is 32.2. The van der Waals surface area contributed by atoms with Crippen molar-refractivity contribution in [2.75, 3.05) is 15.9 Å². The predicted molar refractivity (Wildman–Crippen MR) is 101 cm³/mol. The van der Waals surface area contributed by atoms with Crippen molar-refractivity contribution in [1.29, 1.82) is 0 Å². The van der Waals surface area contributed by atoms with Crippen LogP contribution in [0.4, 0.5) is 11.4 Å². The molecule has 1 amide bonds. The number of hydrogen-bond donors (Lipinski definition) is 1. The molecule has 0 spiro atoms. The van der Waals surface area contributed by atoms with E-state index < -0.39 is 10.0 Å². The summed E-state index contributed by atoms with van der Waals surface area (Å²) in [7, 11) is -3.32. The molecule has 0 aromatic heterocycles. The molecule has 0 fully saturated rings. The highest BCUT2D eigenvalue weighted by molar-refractivity contribution is 7.92. The van der Waals surface area contributed by atoms with Crippen molar-refractivity contribution in [1.82, 2.24) is 0 Å². The van der Waals surface area contributed by atoms with Gasteiger partial charge in [0.1, 0.15) is 0 Å². The quantitative estimate of drug-likeness (QED) is 0.916. The van der Waals surface area contributed by atoms with Gasteiger partial charge in [-0.25, -0.2) is 8.42 Å². The first-order valence-electron chi connectivity index (χ1n) is 8.17. The summed E-state index contributed by atoms with van der Waals surface area (Å²) in [4.78, 5) is 12.6. The molecule has 3 rings (SSSR count). The number of hydrogen-bond acceptors (Lipinski definition) is 3. The van der Waals surface area contributed by atoms with E-state index in [1.54, 1.807) is 18.2 Å². The van der Waals surface area contributed by atoms with Crippen LogP contribution in [0.25, 0.3) is 0 Å². The Balaban J connectivity index is 1.88. The summed E-state index contributed by atoms with van der Waals surface area (Å²) >= 11 is 0. The second kappa shape index (κ2) is 6.19. The lowest BCUT2D eigenvalue weighted by Crippen LogP contribution is -2.34. The Hall–Kier alpha value is -2.34. The van der Waals surface area contributed by atoms with Crippen LogP contribution >= 0.6 is 0 Å². The van der Waals surface area contributed by atoms with Crippen molar-refractivity contribution < 1.29 is 13.2 Å². The van der Waals surface area contributed by atoms with E-state index >= 15 is 0 Å². The molecule has 0 radical (unpaired) electrons. The van der Waals surface area contributed by atoms with Crippen molar-refractivity contribution in [2.45, 2.75) is 33.2 Å². The molecule has 25 heavy (non-hydrogen) atoms. The van der Waals surface area contributed by atoms with Crippen molar-refractivity contribution in [2.24, 2.45) is 0 Å². The molecule has 132 valence electrons. The Labute approximate surface area is 148 Å². The third kappa shape index (κ3) is 3.54. The standard InChI is InChI=1S/C19H22N2O3S/c1-12-7-13(2)9-17(8-12)20-19(22)15-5-6-18-16(11-15)10-14(3)21(18)25(4,23)24/h5-9,11,14H,10H2,1-4H3,(H,20,22)/t14-/m1/s1. The minimum absolute atomic E-state index is 0.136. The molecular formula is C19H22N2O3S. The molecule has 0 unspecified atom stereocenters. The topological polar surface area (TPSA) is 66.5 Å². The highest BCUT2D eigenvalue weighted by Gasteiger charge is 2.32. The summed E-state index contributed by atoms with van der Waals surface area (Å²) in [6.45, 7) is 5.84. The third-order valence-corrected chi connectivity index (χ3v) is 5.60. The molecule has 5 nitrogen and oxygen atoms in total. The van der Waals surface area contributed by atoms with Gasteiger partial charge in [0.15, 0.2) is 0 Å². The molecule has 0 aliphatic carbocycles. The summed E-state index contributed by atoms with van der Waals surface area (Å²) < 4.78 is 25.4. The van der Waals surface area contributed by atoms with Crippen LogP contribution in [0, 0.1) is 13.8 Å². The predicted octanol–water partition coefficient (Wildman–Crippen LogP) is 3.27. The Kier molecular flexibility index (Phi) is 4.33. The molecule has 1 aliphatic rings. The average Bonchev–Trinajstić information content (AvgIpc) is 2.80. The zero-order valence-corrected chi connectivity index (χ0v) is 15.6. The Morgan fingerprint density at radius 1 is 1.12 bits per heavy atom. The van der Waals surface area contributed by atoms with Gasteiger partial charge in [0.05, 0.1) is 11.9 Å². The van der Waals surface area contributed by atoms with E-state index in [4.69, 9.17) is 0 Å². The summed E-state index contributed by atoms with van der Waals surface area (Å²) in [6.07, 6.45) is 1.81. The number of aryl methyl sites for hydroxylation is 2. The molecule has 0 saturated heterocycles. The molecule has 1 N–H and O–H groups in total. The monoisotopic (exact) mass is 358 g/mol. The zero-order chi connectivity index (χ0) is 18.4. The van der Waals surface area contributed by atoms with Crippen LogP contribution in [0.5, 0.6) is 0 Å². The minimum Gasteiger partial charge on any atom is -0.322 e. The Morgan fingerprint density at radius 3 is 2.36 bits per heavy atom. The van der Waals surface area contributed by atoms with E-state index in [-0.39, 0.29) is 11.9 Å². The number of carbonyl (C=O) groups excluding carboxylic acids is 1. The summed E-state index contributed by atoms with van der Waals surface area (Å²) in [6, 6.07) is 10.9. The molecule has 1 heterocycles. The van der Waals surface area contributed by atoms with Gasteiger partial charge >= 0.3 is 0 Å². The van der Waals surface area contributed by atoms with Crippen LogP contribution in [0.2, 0.25) is 0 Å². The van der Waals surface area contributed by atoms with Crippen LogP contribution in [0.1, 0.15) is 34.0 Å². The van der Waals surface area contributed by atoms with Gasteiger partial charge in [0.2, 0.25) is 10.0 Å². The van der Waals surface area contributed by atoms with Gasteiger partial charge in [-0.05, 0) is 74.2 Å². The van der Waals surface area contributed by atoms with Crippen LogP contribution < -0.4 is 9.62 Å². The fourth-order valence-electron chi connectivity index (χ4n) is 3.50. The molecule has 2 aromatic rings. The van der Waals surface area contributed by atoms with E-state index in [2.05, 4.69) is 5.32 Å². The van der Waals surface area contributed by atoms with Gasteiger partial charge in [-0.2, -0.15) is 0 Å². The maximum atomic E-state index is 12.6. The van der Waals surface area contributed by atoms with Gasteiger partial charge in [-0.3, -0.25) is 9.10 Å². The van der Waals surface area contributed by atoms with Crippen LogP contribution in [0.3, 0.4) is 0 Å². The van der Waals surface area contributed by atoms with Gasteiger partial charge in [-0.15, -0.1) is 0 Å². The van der Waals surface area contributed by atoms with E-state index in [0.29, 0.717) is 17.7 Å². The lowest BCUT2D eigenvalue weighted by atomic mass is 10.1. The largest absolute Gasteiger partial charge is 0.322 e. The second-order valence-electron chi connectivity index (χ2n) is 6.79. The SMILES string of the molecule is Cc1cc(C)cc(NC(=O)c2ccc3c(c2)C[C@@H](C)N3S(C)(=O)=O)c1. The molecule has 2 aromatic carbocycles. The molecule has 0 saturated carbocycles. The average molecular weight is 358 g/mol. The van der Waals surface area contributed by atoms with Crippen LogP contribution in [-0.4, -0.2) is 26.6 Å². The number of rotatable bonds is 3. The molecule has 1 atom stereocenters. The second-order valence-corrected chi connectivity index (χ2v) is 8.65. The van der Waals surface area contributed by atoms with Crippen molar-refractivity contribution in [3.8, 4) is 0 Å². The van der Waals surface area contributed by atoms with Gasteiger partial charge in [0.25, 0.3) is 5.91 Å². The number of sulfonamides is 1. The summed E-state index contributed by atoms with van der Waals surface area (Å²) in [5.41, 5.74) is 5.00. The lowest BCUT2D eigenvalue weighted by Gasteiger charge is -2.21. The number of benzene rings is 2. The van der Waals surface area contributed by atoms with E-state index in [1.807, 2.05) is 39.0 Å². The first-order chi connectivity index (χ1) is 11.6. The maximum Gasteiger partial charge on any atom is 0.255 e. The molecule has 1 aliphatic heterocycles. The highest BCUT2D eigenvalue weighted by Crippen LogP contribution is 2.34. The van der Waals surface area contributed by atoms with Crippen molar-refractivity contribution in [3.63, 3.8) is 0 Å². The minimum atomic E-state index is -3.32. The smallest absolute Gasteiger partial charge is 0.255 e. The lowest BCUT2D eigenvalue weighted by molar-refractivity contribution is 0.102. The van der Waals surface area contributed by atoms with Gasteiger partial charge in [0, 0.05) is 17.3 Å². The molecule has 0 bridgehead atoms. The number of anilines is 2. The third-order valence-electron chi connectivity index (χ3n) is 4.33. The Bertz CT molecular complexity index is 931. The van der Waals surface area contributed by atoms with Crippen LogP contribution in [-0.2, 0) is 16.4 Å². The van der Waals surface area contributed by atoms with E-state index in [1.165, 1.54) is 10.6 Å². The maximum absolute atomic E-state index is 12.6. The first-order valence-corrected chi connectivity index (χ1v) is 10.0. The fraction of sp³-hybridized carbons (Fsp3) is 0.316. The fourth-order valence-corrected chi connectivity index (χ4v) is 4.76. The van der Waals surface area contributed by atoms with Crippen LogP contribution in [0.15, 0.2) is 36.4 Å². The number of carbonyl (C=O) groups is 1. The first kappa shape index (κ1) is 17.5. The van der Waals surface area contributed by atoms with Gasteiger partial charge in [-0.1, -0.05) is 6.07 Å². The summed E-state index contributed by atoms with van der Waals surface area (Å²) in [5, 5.41) is 2.91. The normalized spacial score (nSPS) is 16.6. The zero-order valence-electron chi connectivity index (χ0n) is 14.8. The molecular weight excluding hydrogens is 336 g/mol. The molecule has 6 heteroatoms. The number of nitrogens with one attached hydrogen (secondary N) is 1. The van der Waals surface area contributed by atoms with Crippen molar-refractivity contribution >= 4 is 27.3 Å². The van der Waals surface area contributed by atoms with Gasteiger partial charge < -0.3 is 5.32 Å². The Morgan fingerprint density at radius 2 is 1.76 bits per heavy atom. The van der Waals surface area contributed by atoms with Crippen molar-refractivity contribution in [3.05, 3.63) is 58.7 Å². The number of nitrogens with zero attached hydrogens (tertiary/aromatic N) is 1. The van der Waals surface area contributed by atoms with E-state index in [0.717, 1.165) is 22.4 Å².